The summed E-state index contributed by atoms with van der Waals surface area (Å²) in [7, 11) is 1.51. The molecule has 2 aromatic heterocycles. The number of nitrogens with one attached hydrogen (secondary N) is 1. The molecular weight excluding hydrogens is 424 g/mol. The first kappa shape index (κ1) is 20.9. The van der Waals surface area contributed by atoms with E-state index in [1.807, 2.05) is 22.8 Å². The van der Waals surface area contributed by atoms with Gasteiger partial charge < -0.3 is 25.2 Å². The van der Waals surface area contributed by atoms with E-state index in [2.05, 4.69) is 32.3 Å². The second-order valence-corrected chi connectivity index (χ2v) is 8.53. The molecule has 1 fully saturated rings. The SMILES string of the molecule is CNC(=O)c1c(C(N)=O)nc2n1C1CC(C1)c1ccc(C#C[C@@](C)(O)c3noc(C)n3)cc1-2. The van der Waals surface area contributed by atoms with Gasteiger partial charge in [-0.1, -0.05) is 23.1 Å². The summed E-state index contributed by atoms with van der Waals surface area (Å²) in [6.07, 6.45) is 1.69. The highest BCUT2D eigenvalue weighted by molar-refractivity contribution is 6.05. The molecule has 2 aliphatic heterocycles. The van der Waals surface area contributed by atoms with Gasteiger partial charge in [-0.3, -0.25) is 9.59 Å². The summed E-state index contributed by atoms with van der Waals surface area (Å²) >= 11 is 0. The molecule has 0 spiro atoms. The first-order chi connectivity index (χ1) is 15.7. The number of imidazole rings is 1. The predicted octanol–water partition coefficient (Wildman–Crippen LogP) is 1.39. The standard InChI is InChI=1S/C23H22N6O4/c1-11-26-22(28-33-11)23(2,32)7-6-12-4-5-15-13-9-14(10-13)29-18(21(31)25-3)17(19(24)30)27-20(29)16(15)8-12/h4-5,8,13-14,32H,9-10H2,1-3H3,(H2,24,30)(H,25,31)/t13?,14?,23-/m1/s1. The Morgan fingerprint density at radius 2 is 2.09 bits per heavy atom. The lowest BCUT2D eigenvalue weighted by atomic mass is 9.75. The van der Waals surface area contributed by atoms with Crippen molar-refractivity contribution in [2.75, 3.05) is 7.05 Å². The lowest BCUT2D eigenvalue weighted by Gasteiger charge is -2.35. The van der Waals surface area contributed by atoms with Crippen LogP contribution in [-0.2, 0) is 5.60 Å². The number of amides is 2. The van der Waals surface area contributed by atoms with E-state index in [1.54, 1.807) is 6.92 Å². The number of carbonyl (C=O) groups is 2. The van der Waals surface area contributed by atoms with Crippen molar-refractivity contribution in [3.05, 3.63) is 52.4 Å². The number of hydrogen-bond acceptors (Lipinski definition) is 7. The van der Waals surface area contributed by atoms with Gasteiger partial charge in [0.05, 0.1) is 0 Å². The van der Waals surface area contributed by atoms with E-state index < -0.39 is 17.4 Å². The van der Waals surface area contributed by atoms with Gasteiger partial charge in [0.25, 0.3) is 11.8 Å². The van der Waals surface area contributed by atoms with Crippen molar-refractivity contribution in [1.82, 2.24) is 25.0 Å². The van der Waals surface area contributed by atoms with Crippen LogP contribution in [0.2, 0.25) is 0 Å². The Bertz CT molecular complexity index is 1370. The smallest absolute Gasteiger partial charge is 0.270 e. The van der Waals surface area contributed by atoms with Crippen LogP contribution in [0.3, 0.4) is 0 Å². The molecular formula is C23H22N6O4. The van der Waals surface area contributed by atoms with Gasteiger partial charge in [-0.15, -0.1) is 0 Å². The highest BCUT2D eigenvalue weighted by Crippen LogP contribution is 2.52. The lowest BCUT2D eigenvalue weighted by Crippen LogP contribution is -2.30. The molecule has 1 aliphatic carbocycles. The Morgan fingerprint density at radius 3 is 2.73 bits per heavy atom. The Hall–Kier alpha value is -3.97. The van der Waals surface area contributed by atoms with Crippen LogP contribution in [0.25, 0.3) is 11.4 Å². The Kier molecular flexibility index (Phi) is 4.61. The van der Waals surface area contributed by atoms with Crippen molar-refractivity contribution >= 4 is 11.8 Å². The summed E-state index contributed by atoms with van der Waals surface area (Å²) in [5, 5.41) is 17.0. The molecule has 4 N–H and O–H groups in total. The number of aliphatic hydroxyl groups is 1. The van der Waals surface area contributed by atoms with Crippen molar-refractivity contribution in [2.24, 2.45) is 5.73 Å². The molecule has 1 atom stereocenters. The van der Waals surface area contributed by atoms with E-state index in [1.165, 1.54) is 14.0 Å². The topological polar surface area (TPSA) is 149 Å². The highest BCUT2D eigenvalue weighted by atomic mass is 16.5. The fourth-order valence-corrected chi connectivity index (χ4v) is 4.47. The number of hydrogen-bond donors (Lipinski definition) is 3. The third kappa shape index (κ3) is 3.29. The van der Waals surface area contributed by atoms with Gasteiger partial charge in [0, 0.05) is 31.1 Å². The van der Waals surface area contributed by atoms with Crippen molar-refractivity contribution in [3.63, 3.8) is 0 Å². The summed E-state index contributed by atoms with van der Waals surface area (Å²) < 4.78 is 6.77. The minimum atomic E-state index is -1.60. The second-order valence-electron chi connectivity index (χ2n) is 8.53. The zero-order chi connectivity index (χ0) is 23.5. The zero-order valence-corrected chi connectivity index (χ0v) is 18.3. The first-order valence-corrected chi connectivity index (χ1v) is 10.5. The zero-order valence-electron chi connectivity index (χ0n) is 18.3. The summed E-state index contributed by atoms with van der Waals surface area (Å²) in [5.41, 5.74) is 6.59. The Balaban J connectivity index is 1.63. The van der Waals surface area contributed by atoms with Crippen LogP contribution in [0.4, 0.5) is 0 Å². The average molecular weight is 446 g/mol. The quantitative estimate of drug-likeness (QED) is 0.515. The number of nitrogens with zero attached hydrogens (tertiary/aromatic N) is 4. The van der Waals surface area contributed by atoms with Crippen LogP contribution in [0.15, 0.2) is 22.7 Å². The summed E-state index contributed by atoms with van der Waals surface area (Å²) in [5.74, 6) is 5.86. The van der Waals surface area contributed by atoms with Crippen LogP contribution in [0.1, 0.15) is 75.5 Å². The van der Waals surface area contributed by atoms with Crippen molar-refractivity contribution in [1.29, 1.82) is 0 Å². The molecule has 33 heavy (non-hydrogen) atoms. The van der Waals surface area contributed by atoms with E-state index in [-0.39, 0.29) is 23.3 Å². The molecule has 0 radical (unpaired) electrons. The van der Waals surface area contributed by atoms with Crippen molar-refractivity contribution < 1.29 is 19.2 Å². The lowest BCUT2D eigenvalue weighted by molar-refractivity contribution is 0.0928. The largest absolute Gasteiger partial charge is 0.371 e. The van der Waals surface area contributed by atoms with E-state index in [4.69, 9.17) is 10.3 Å². The number of nitrogens with two attached hydrogens (primary N) is 1. The number of carbonyl (C=O) groups excluding carboxylic acids is 2. The van der Waals surface area contributed by atoms with Crippen molar-refractivity contribution in [3.8, 4) is 23.2 Å². The monoisotopic (exact) mass is 446 g/mol. The molecule has 0 unspecified atom stereocenters. The molecule has 3 aromatic rings. The molecule has 10 heteroatoms. The van der Waals surface area contributed by atoms with Gasteiger partial charge >= 0.3 is 0 Å². The van der Waals surface area contributed by atoms with Gasteiger partial charge in [-0.05, 0) is 43.4 Å². The summed E-state index contributed by atoms with van der Waals surface area (Å²) in [4.78, 5) is 33.3. The van der Waals surface area contributed by atoms with Crippen molar-refractivity contribution in [2.45, 2.75) is 44.2 Å². The van der Waals surface area contributed by atoms with Gasteiger partial charge in [0.15, 0.2) is 11.3 Å². The molecule has 3 aliphatic rings. The maximum atomic E-state index is 12.6. The number of primary amides is 1. The van der Waals surface area contributed by atoms with Crippen LogP contribution in [0.5, 0.6) is 0 Å². The molecule has 1 saturated carbocycles. The molecule has 0 saturated heterocycles. The van der Waals surface area contributed by atoms with Gasteiger partial charge in [-0.25, -0.2) is 4.98 Å². The number of rotatable bonds is 3. The summed E-state index contributed by atoms with van der Waals surface area (Å²) in [6.45, 7) is 3.12. The number of benzene rings is 1. The van der Waals surface area contributed by atoms with Crippen LogP contribution in [-0.4, -0.2) is 43.7 Å². The normalized spacial score (nSPS) is 19.6. The second kappa shape index (κ2) is 7.28. The number of aryl methyl sites for hydroxylation is 1. The van der Waals surface area contributed by atoms with Crippen LogP contribution < -0.4 is 11.1 Å². The van der Waals surface area contributed by atoms with E-state index >= 15 is 0 Å². The molecule has 10 nitrogen and oxygen atoms in total. The predicted molar refractivity (Wildman–Crippen MR) is 116 cm³/mol. The minimum absolute atomic E-state index is 0.0486. The van der Waals surface area contributed by atoms with Gasteiger partial charge in [-0.2, -0.15) is 4.98 Å². The van der Waals surface area contributed by atoms with E-state index in [0.29, 0.717) is 23.2 Å². The minimum Gasteiger partial charge on any atom is -0.371 e. The average Bonchev–Trinajstić information content (AvgIpc) is 3.30. The Morgan fingerprint density at radius 1 is 1.33 bits per heavy atom. The number of aromatic nitrogens is 4. The van der Waals surface area contributed by atoms with Gasteiger partial charge in [0.2, 0.25) is 11.7 Å². The molecule has 4 heterocycles. The maximum Gasteiger partial charge on any atom is 0.270 e. The van der Waals surface area contributed by atoms with E-state index in [0.717, 1.165) is 24.0 Å². The van der Waals surface area contributed by atoms with Gasteiger partial charge in [0.1, 0.15) is 11.5 Å². The first-order valence-electron chi connectivity index (χ1n) is 10.5. The van der Waals surface area contributed by atoms with Crippen LogP contribution in [0, 0.1) is 18.8 Å². The molecule has 2 amide bonds. The fraction of sp³-hybridized carbons (Fsp3) is 0.348. The third-order valence-corrected chi connectivity index (χ3v) is 6.21. The molecule has 1 aromatic carbocycles. The fourth-order valence-electron chi connectivity index (χ4n) is 4.47. The van der Waals surface area contributed by atoms with Crippen LogP contribution >= 0.6 is 0 Å². The molecule has 6 rings (SSSR count). The summed E-state index contributed by atoms with van der Waals surface area (Å²) in [6, 6.07) is 5.78. The van der Waals surface area contributed by atoms with E-state index in [9.17, 15) is 14.7 Å². The maximum absolute atomic E-state index is 12.6. The Labute approximate surface area is 189 Å². The molecule has 2 bridgehead atoms. The highest BCUT2D eigenvalue weighted by Gasteiger charge is 2.42. The third-order valence-electron chi connectivity index (χ3n) is 6.21. The molecule has 168 valence electrons.